The smallest absolute Gasteiger partial charge is 0.293 e. The molecule has 1 aromatic carbocycles. The molecule has 1 heterocycles. The van der Waals surface area contributed by atoms with Crippen LogP contribution in [0.4, 0.5) is 8.78 Å². The number of halogens is 2. The summed E-state index contributed by atoms with van der Waals surface area (Å²) in [6, 6.07) is 2.06. The standard InChI is InChI=1S/C13H15F2NO3.C5H10O2/c1-18-13(19-2)11-9(14)3-7(4-10(11)15)12(17)8-5-16-6-8;1-5(2,3)7-4-6/h3-4,8,13,16H,5-6H2,1-2H3;4H,1-3H3. The van der Waals surface area contributed by atoms with E-state index in [1.54, 1.807) is 0 Å². The van der Waals surface area contributed by atoms with E-state index >= 15 is 0 Å². The van der Waals surface area contributed by atoms with Gasteiger partial charge in [0.05, 0.1) is 5.56 Å². The van der Waals surface area contributed by atoms with Crippen LogP contribution in [0.5, 0.6) is 0 Å². The zero-order valence-corrected chi connectivity index (χ0v) is 15.6. The van der Waals surface area contributed by atoms with Gasteiger partial charge in [0.2, 0.25) is 0 Å². The van der Waals surface area contributed by atoms with Crippen molar-refractivity contribution in [3.8, 4) is 0 Å². The number of benzene rings is 1. The van der Waals surface area contributed by atoms with E-state index < -0.39 is 17.9 Å². The molecule has 0 aliphatic carbocycles. The van der Waals surface area contributed by atoms with Crippen LogP contribution in [-0.2, 0) is 19.0 Å². The summed E-state index contributed by atoms with van der Waals surface area (Å²) in [5, 5.41) is 2.94. The lowest BCUT2D eigenvalue weighted by Crippen LogP contribution is -2.46. The van der Waals surface area contributed by atoms with Gasteiger partial charge in [0.1, 0.15) is 17.2 Å². The largest absolute Gasteiger partial charge is 0.462 e. The van der Waals surface area contributed by atoms with Crippen molar-refractivity contribution in [3.63, 3.8) is 0 Å². The van der Waals surface area contributed by atoms with Gasteiger partial charge in [0.15, 0.2) is 12.1 Å². The van der Waals surface area contributed by atoms with Gasteiger partial charge in [0.25, 0.3) is 6.47 Å². The maximum absolute atomic E-state index is 13.9. The Bertz CT molecular complexity index is 599. The average Bonchev–Trinajstić information content (AvgIpc) is 2.48. The number of hydrogen-bond donors (Lipinski definition) is 1. The third kappa shape index (κ3) is 6.12. The second-order valence-corrected chi connectivity index (χ2v) is 6.70. The van der Waals surface area contributed by atoms with Crippen LogP contribution in [0.3, 0.4) is 0 Å². The minimum atomic E-state index is -1.13. The second-order valence-electron chi connectivity index (χ2n) is 6.70. The van der Waals surface area contributed by atoms with Gasteiger partial charge in [0, 0.05) is 38.8 Å². The van der Waals surface area contributed by atoms with Crippen molar-refractivity contribution in [3.05, 3.63) is 34.9 Å². The lowest BCUT2D eigenvalue weighted by molar-refractivity contribution is -0.138. The first-order valence-electron chi connectivity index (χ1n) is 8.05. The highest BCUT2D eigenvalue weighted by atomic mass is 19.1. The molecule has 0 radical (unpaired) electrons. The Balaban J connectivity index is 0.000000412. The van der Waals surface area contributed by atoms with E-state index in [9.17, 15) is 18.4 Å². The Morgan fingerprint density at radius 3 is 1.96 bits per heavy atom. The van der Waals surface area contributed by atoms with Gasteiger partial charge in [-0.2, -0.15) is 0 Å². The Morgan fingerprint density at radius 1 is 1.19 bits per heavy atom. The lowest BCUT2D eigenvalue weighted by Gasteiger charge is -2.26. The number of hydrogen-bond acceptors (Lipinski definition) is 6. The molecule has 1 aliphatic rings. The first kappa shape index (κ1) is 22.1. The van der Waals surface area contributed by atoms with E-state index in [1.165, 1.54) is 14.2 Å². The van der Waals surface area contributed by atoms with Crippen molar-refractivity contribution in [1.29, 1.82) is 0 Å². The van der Waals surface area contributed by atoms with Crippen LogP contribution in [0.1, 0.15) is 43.0 Å². The number of carbonyl (C=O) groups excluding carboxylic acids is 2. The number of methoxy groups -OCH3 is 2. The maximum atomic E-state index is 13.9. The van der Waals surface area contributed by atoms with Crippen molar-refractivity contribution < 1.29 is 32.6 Å². The van der Waals surface area contributed by atoms with Crippen molar-refractivity contribution >= 4 is 12.3 Å². The molecule has 8 heteroatoms. The van der Waals surface area contributed by atoms with E-state index in [1.807, 2.05) is 20.8 Å². The summed E-state index contributed by atoms with van der Waals surface area (Å²) in [5.74, 6) is -2.14. The molecule has 146 valence electrons. The number of rotatable bonds is 6. The first-order chi connectivity index (χ1) is 12.1. The molecule has 2 rings (SSSR count). The maximum Gasteiger partial charge on any atom is 0.293 e. The summed E-state index contributed by atoms with van der Waals surface area (Å²) < 4.78 is 42.0. The monoisotopic (exact) mass is 373 g/mol. The average molecular weight is 373 g/mol. The number of ether oxygens (including phenoxy) is 3. The molecule has 1 aromatic rings. The van der Waals surface area contributed by atoms with Gasteiger partial charge in [-0.05, 0) is 32.9 Å². The highest BCUT2D eigenvalue weighted by molar-refractivity contribution is 5.98. The Labute approximate surface area is 151 Å². The summed E-state index contributed by atoms with van der Waals surface area (Å²) in [5.41, 5.74) is -0.605. The summed E-state index contributed by atoms with van der Waals surface area (Å²) in [6.07, 6.45) is -1.13. The van der Waals surface area contributed by atoms with E-state index in [0.29, 0.717) is 19.6 Å². The molecule has 1 saturated heterocycles. The molecular formula is C18H25F2NO5. The molecule has 1 fully saturated rings. The van der Waals surface area contributed by atoms with Gasteiger partial charge < -0.3 is 19.5 Å². The predicted octanol–water partition coefficient (Wildman–Crippen LogP) is 2.62. The van der Waals surface area contributed by atoms with Crippen molar-refractivity contribution in [1.82, 2.24) is 5.32 Å². The van der Waals surface area contributed by atoms with E-state index in [-0.39, 0.29) is 28.4 Å². The van der Waals surface area contributed by atoms with Crippen LogP contribution in [0.2, 0.25) is 0 Å². The zero-order valence-electron chi connectivity index (χ0n) is 15.6. The molecule has 26 heavy (non-hydrogen) atoms. The zero-order chi connectivity index (χ0) is 19.9. The van der Waals surface area contributed by atoms with Gasteiger partial charge in [-0.25, -0.2) is 8.78 Å². The fraction of sp³-hybridized carbons (Fsp3) is 0.556. The quantitative estimate of drug-likeness (QED) is 0.469. The number of carbonyl (C=O) groups is 2. The number of nitrogens with one attached hydrogen (secondary N) is 1. The van der Waals surface area contributed by atoms with E-state index in [4.69, 9.17) is 9.47 Å². The highest BCUT2D eigenvalue weighted by Gasteiger charge is 2.28. The molecule has 1 N–H and O–H groups in total. The summed E-state index contributed by atoms with van der Waals surface area (Å²) in [6.45, 7) is 7.01. The van der Waals surface area contributed by atoms with Crippen LogP contribution in [-0.4, -0.2) is 45.2 Å². The van der Waals surface area contributed by atoms with Gasteiger partial charge in [-0.3, -0.25) is 9.59 Å². The molecule has 0 atom stereocenters. The molecule has 0 aromatic heterocycles. The molecule has 0 bridgehead atoms. The normalized spacial score (nSPS) is 14.3. The Kier molecular flexibility index (Phi) is 8.26. The van der Waals surface area contributed by atoms with E-state index in [0.717, 1.165) is 12.1 Å². The Morgan fingerprint density at radius 2 is 1.69 bits per heavy atom. The molecule has 0 spiro atoms. The van der Waals surface area contributed by atoms with Crippen LogP contribution in [0, 0.1) is 17.6 Å². The SMILES string of the molecule is CC(C)(C)OC=O.COC(OC)c1c(F)cc(C(=O)C2CNC2)cc1F. The van der Waals surface area contributed by atoms with Crippen molar-refractivity contribution in [2.75, 3.05) is 27.3 Å². The van der Waals surface area contributed by atoms with Crippen molar-refractivity contribution in [2.24, 2.45) is 5.92 Å². The highest BCUT2D eigenvalue weighted by Crippen LogP contribution is 2.26. The van der Waals surface area contributed by atoms with Crippen molar-refractivity contribution in [2.45, 2.75) is 32.7 Å². The van der Waals surface area contributed by atoms with Gasteiger partial charge in [-0.1, -0.05) is 0 Å². The fourth-order valence-electron chi connectivity index (χ4n) is 2.14. The third-order valence-electron chi connectivity index (χ3n) is 3.58. The van der Waals surface area contributed by atoms with Gasteiger partial charge in [-0.15, -0.1) is 0 Å². The summed E-state index contributed by atoms with van der Waals surface area (Å²) >= 11 is 0. The lowest BCUT2D eigenvalue weighted by atomic mass is 9.92. The topological polar surface area (TPSA) is 73.9 Å². The van der Waals surface area contributed by atoms with Gasteiger partial charge >= 0.3 is 0 Å². The van der Waals surface area contributed by atoms with Crippen LogP contribution >= 0.6 is 0 Å². The van der Waals surface area contributed by atoms with E-state index in [2.05, 4.69) is 10.1 Å². The molecule has 6 nitrogen and oxygen atoms in total. The first-order valence-corrected chi connectivity index (χ1v) is 8.05. The fourth-order valence-corrected chi connectivity index (χ4v) is 2.14. The predicted molar refractivity (Wildman–Crippen MR) is 90.7 cm³/mol. The van der Waals surface area contributed by atoms with Crippen LogP contribution in [0.15, 0.2) is 12.1 Å². The third-order valence-corrected chi connectivity index (χ3v) is 3.58. The van der Waals surface area contributed by atoms with Crippen LogP contribution in [0.25, 0.3) is 0 Å². The Hall–Kier alpha value is -1.90. The molecular weight excluding hydrogens is 348 g/mol. The molecule has 0 amide bonds. The second kappa shape index (κ2) is 9.70. The molecule has 1 aliphatic heterocycles. The molecule has 0 unspecified atom stereocenters. The number of Topliss-reactive ketones (excluding diaryl/α,β-unsaturated/α-hetero) is 1. The minimum Gasteiger partial charge on any atom is -0.462 e. The van der Waals surface area contributed by atoms with Crippen LogP contribution < -0.4 is 5.32 Å². The molecule has 0 saturated carbocycles. The summed E-state index contributed by atoms with van der Waals surface area (Å²) in [4.78, 5) is 21.5. The summed E-state index contributed by atoms with van der Waals surface area (Å²) in [7, 11) is 2.57. The number of ketones is 1. The minimum absolute atomic E-state index is 0.0382.